The molecule has 0 saturated heterocycles. The lowest BCUT2D eigenvalue weighted by Crippen LogP contribution is -1.99. The molecule has 78 valence electrons. The summed E-state index contributed by atoms with van der Waals surface area (Å²) in [7, 11) is 0. The van der Waals surface area contributed by atoms with Gasteiger partial charge in [0.15, 0.2) is 0 Å². The van der Waals surface area contributed by atoms with Gasteiger partial charge in [0.25, 0.3) is 0 Å². The molecule has 0 amide bonds. The zero-order valence-corrected chi connectivity index (χ0v) is 10.7. The normalized spacial score (nSPS) is 10.3. The maximum Gasteiger partial charge on any atom is 0.0702 e. The van der Waals surface area contributed by atoms with Crippen molar-refractivity contribution in [3.8, 4) is 0 Å². The summed E-state index contributed by atoms with van der Waals surface area (Å²) < 4.78 is 1.17. The molecule has 0 aromatic carbocycles. The van der Waals surface area contributed by atoms with Crippen LogP contribution in [0.3, 0.4) is 0 Å². The maximum atomic E-state index is 4.06. The molecule has 2 nitrogen and oxygen atoms in total. The van der Waals surface area contributed by atoms with E-state index in [9.17, 15) is 0 Å². The van der Waals surface area contributed by atoms with E-state index in [1.807, 2.05) is 12.3 Å². The number of nitrogens with one attached hydrogen (secondary N) is 1. The molecule has 2 heterocycles. The van der Waals surface area contributed by atoms with Gasteiger partial charge in [0.1, 0.15) is 0 Å². The highest BCUT2D eigenvalue weighted by Crippen LogP contribution is 2.23. The number of thiophene rings is 1. The summed E-state index contributed by atoms with van der Waals surface area (Å²) in [5, 5.41) is 3.39. The van der Waals surface area contributed by atoms with Gasteiger partial charge in [0.2, 0.25) is 0 Å². The molecular formula is C11H11BrN2S. The lowest BCUT2D eigenvalue weighted by atomic mass is 10.2. The van der Waals surface area contributed by atoms with Gasteiger partial charge in [-0.1, -0.05) is 0 Å². The Balaban J connectivity index is 2.02. The van der Waals surface area contributed by atoms with Crippen LogP contribution in [0, 0.1) is 6.92 Å². The van der Waals surface area contributed by atoms with E-state index in [2.05, 4.69) is 45.3 Å². The number of rotatable bonds is 3. The molecule has 2 aromatic rings. The van der Waals surface area contributed by atoms with Crippen molar-refractivity contribution in [1.29, 1.82) is 0 Å². The molecule has 0 fully saturated rings. The first-order valence-corrected chi connectivity index (χ1v) is 6.25. The third-order valence-electron chi connectivity index (χ3n) is 2.10. The van der Waals surface area contributed by atoms with Gasteiger partial charge in [-0.15, -0.1) is 11.3 Å². The van der Waals surface area contributed by atoms with Crippen molar-refractivity contribution < 1.29 is 0 Å². The number of hydrogen-bond acceptors (Lipinski definition) is 3. The molecule has 2 aromatic heterocycles. The van der Waals surface area contributed by atoms with E-state index in [0.29, 0.717) is 0 Å². The van der Waals surface area contributed by atoms with Crippen molar-refractivity contribution in [2.45, 2.75) is 13.5 Å². The molecule has 0 atom stereocenters. The fourth-order valence-corrected chi connectivity index (χ4v) is 2.72. The Hall–Kier alpha value is -0.870. The van der Waals surface area contributed by atoms with Crippen molar-refractivity contribution in [3.05, 3.63) is 44.8 Å². The van der Waals surface area contributed by atoms with Crippen LogP contribution in [0.15, 0.2) is 34.4 Å². The molecular weight excluding hydrogens is 272 g/mol. The first kappa shape index (κ1) is 10.6. The van der Waals surface area contributed by atoms with E-state index in [1.54, 1.807) is 17.5 Å². The van der Waals surface area contributed by atoms with Crippen LogP contribution in [0.25, 0.3) is 0 Å². The van der Waals surface area contributed by atoms with Crippen LogP contribution < -0.4 is 5.32 Å². The Bertz CT molecular complexity index is 453. The van der Waals surface area contributed by atoms with Crippen LogP contribution in [0.2, 0.25) is 0 Å². The van der Waals surface area contributed by atoms with Gasteiger partial charge < -0.3 is 5.32 Å². The topological polar surface area (TPSA) is 24.9 Å². The summed E-state index contributed by atoms with van der Waals surface area (Å²) in [6, 6.07) is 6.19. The molecule has 0 unspecified atom stereocenters. The van der Waals surface area contributed by atoms with Crippen molar-refractivity contribution in [2.24, 2.45) is 0 Å². The van der Waals surface area contributed by atoms with Gasteiger partial charge in [-0.3, -0.25) is 4.98 Å². The van der Waals surface area contributed by atoms with Crippen LogP contribution >= 0.6 is 27.3 Å². The first-order valence-electron chi connectivity index (χ1n) is 4.64. The second-order valence-corrected chi connectivity index (χ2v) is 5.80. The van der Waals surface area contributed by atoms with Gasteiger partial charge in [0, 0.05) is 29.5 Å². The van der Waals surface area contributed by atoms with Gasteiger partial charge in [-0.2, -0.15) is 0 Å². The molecule has 0 spiro atoms. The largest absolute Gasteiger partial charge is 0.380 e. The molecule has 2 rings (SSSR count). The van der Waals surface area contributed by atoms with Crippen molar-refractivity contribution in [1.82, 2.24) is 4.98 Å². The van der Waals surface area contributed by atoms with Crippen LogP contribution in [-0.4, -0.2) is 4.98 Å². The monoisotopic (exact) mass is 282 g/mol. The Morgan fingerprint density at radius 3 is 2.93 bits per heavy atom. The van der Waals surface area contributed by atoms with Gasteiger partial charge in [0.05, 0.1) is 3.79 Å². The number of pyridine rings is 1. The summed E-state index contributed by atoms with van der Waals surface area (Å²) in [6.07, 6.45) is 3.67. The number of aromatic nitrogens is 1. The fourth-order valence-electron chi connectivity index (χ4n) is 1.30. The minimum atomic E-state index is 0.862. The van der Waals surface area contributed by atoms with E-state index in [1.165, 1.54) is 14.2 Å². The van der Waals surface area contributed by atoms with Crippen molar-refractivity contribution in [2.75, 3.05) is 5.32 Å². The van der Waals surface area contributed by atoms with E-state index in [-0.39, 0.29) is 0 Å². The second kappa shape index (κ2) is 4.77. The van der Waals surface area contributed by atoms with Crippen molar-refractivity contribution >= 4 is 33.0 Å². The molecule has 15 heavy (non-hydrogen) atoms. The van der Waals surface area contributed by atoms with Crippen LogP contribution in [0.5, 0.6) is 0 Å². The number of nitrogens with zero attached hydrogens (tertiary/aromatic N) is 1. The lowest BCUT2D eigenvalue weighted by molar-refractivity contribution is 1.16. The third-order valence-corrected chi connectivity index (χ3v) is 3.73. The zero-order valence-electron chi connectivity index (χ0n) is 8.33. The predicted molar refractivity (Wildman–Crippen MR) is 68.3 cm³/mol. The quantitative estimate of drug-likeness (QED) is 0.926. The minimum absolute atomic E-state index is 0.862. The zero-order chi connectivity index (χ0) is 10.7. The highest BCUT2D eigenvalue weighted by Gasteiger charge is 1.99. The average Bonchev–Trinajstić information content (AvgIpc) is 2.63. The minimum Gasteiger partial charge on any atom is -0.380 e. The Kier molecular flexibility index (Phi) is 3.38. The number of halogens is 1. The third kappa shape index (κ3) is 2.79. The standard InChI is InChI=1S/C11H11BrN2S/c1-8-6-13-5-4-10(8)14-7-9-2-3-11(12)15-9/h2-6H,7H2,1H3,(H,13,14). The lowest BCUT2D eigenvalue weighted by Gasteiger charge is -2.06. The van der Waals surface area contributed by atoms with E-state index in [0.717, 1.165) is 12.2 Å². The summed E-state index contributed by atoms with van der Waals surface area (Å²) >= 11 is 5.20. The van der Waals surface area contributed by atoms with Crippen molar-refractivity contribution in [3.63, 3.8) is 0 Å². The Morgan fingerprint density at radius 1 is 1.40 bits per heavy atom. The van der Waals surface area contributed by atoms with E-state index in [4.69, 9.17) is 0 Å². The highest BCUT2D eigenvalue weighted by molar-refractivity contribution is 9.11. The molecule has 4 heteroatoms. The van der Waals surface area contributed by atoms with Crippen LogP contribution in [-0.2, 0) is 6.54 Å². The first-order chi connectivity index (χ1) is 7.25. The molecule has 0 saturated carbocycles. The molecule has 0 aliphatic heterocycles. The summed E-state index contributed by atoms with van der Waals surface area (Å²) in [5.41, 5.74) is 2.32. The maximum absolute atomic E-state index is 4.06. The number of hydrogen-bond donors (Lipinski definition) is 1. The second-order valence-electron chi connectivity index (χ2n) is 3.25. The Morgan fingerprint density at radius 2 is 2.27 bits per heavy atom. The van der Waals surface area contributed by atoms with Gasteiger partial charge in [-0.05, 0) is 46.6 Å². The Labute approximate surface area is 101 Å². The molecule has 1 N–H and O–H groups in total. The van der Waals surface area contributed by atoms with Crippen LogP contribution in [0.1, 0.15) is 10.4 Å². The fraction of sp³-hybridized carbons (Fsp3) is 0.182. The average molecular weight is 283 g/mol. The molecule has 0 bridgehead atoms. The van der Waals surface area contributed by atoms with Gasteiger partial charge >= 0.3 is 0 Å². The summed E-state index contributed by atoms with van der Waals surface area (Å²) in [6.45, 7) is 2.92. The highest BCUT2D eigenvalue weighted by atomic mass is 79.9. The molecule has 0 aliphatic carbocycles. The van der Waals surface area contributed by atoms with Crippen LogP contribution in [0.4, 0.5) is 5.69 Å². The molecule has 0 aliphatic rings. The number of aryl methyl sites for hydroxylation is 1. The predicted octanol–water partition coefficient (Wildman–Crippen LogP) is 3.83. The van der Waals surface area contributed by atoms with E-state index < -0.39 is 0 Å². The molecule has 0 radical (unpaired) electrons. The SMILES string of the molecule is Cc1cnccc1NCc1ccc(Br)s1. The number of anilines is 1. The smallest absolute Gasteiger partial charge is 0.0702 e. The summed E-state index contributed by atoms with van der Waals surface area (Å²) in [4.78, 5) is 5.38. The van der Waals surface area contributed by atoms with E-state index >= 15 is 0 Å². The summed E-state index contributed by atoms with van der Waals surface area (Å²) in [5.74, 6) is 0. The van der Waals surface area contributed by atoms with Gasteiger partial charge in [-0.25, -0.2) is 0 Å².